The molecule has 1 amide bonds. The highest BCUT2D eigenvalue weighted by molar-refractivity contribution is 7.81. The molecule has 1 unspecified atom stereocenters. The predicted molar refractivity (Wildman–Crippen MR) is 50.5 cm³/mol. The third-order valence-corrected chi connectivity index (χ3v) is 2.31. The third kappa shape index (κ3) is 2.68. The number of rotatable bonds is 2. The van der Waals surface area contributed by atoms with Gasteiger partial charge in [0.05, 0.1) is 17.9 Å². The SMILES string of the molecule is CC1(NC(=O)CS)CCCOC1. The van der Waals surface area contributed by atoms with Gasteiger partial charge in [0.1, 0.15) is 0 Å². The van der Waals surface area contributed by atoms with Crippen LogP contribution < -0.4 is 5.32 Å². The molecule has 1 heterocycles. The summed E-state index contributed by atoms with van der Waals surface area (Å²) in [6.07, 6.45) is 2.01. The van der Waals surface area contributed by atoms with E-state index in [4.69, 9.17) is 4.74 Å². The van der Waals surface area contributed by atoms with Crippen molar-refractivity contribution in [1.82, 2.24) is 5.32 Å². The average molecular weight is 189 g/mol. The Kier molecular flexibility index (Phi) is 3.40. The first-order chi connectivity index (χ1) is 5.66. The van der Waals surface area contributed by atoms with Gasteiger partial charge in [-0.25, -0.2) is 0 Å². The van der Waals surface area contributed by atoms with Crippen LogP contribution in [-0.4, -0.2) is 30.4 Å². The Morgan fingerprint density at radius 1 is 1.75 bits per heavy atom. The maximum atomic E-state index is 11.0. The Morgan fingerprint density at radius 3 is 3.00 bits per heavy atom. The van der Waals surface area contributed by atoms with E-state index < -0.39 is 0 Å². The molecule has 0 spiro atoms. The Balaban J connectivity index is 2.41. The minimum atomic E-state index is -0.169. The molecule has 1 fully saturated rings. The molecule has 0 aromatic carbocycles. The summed E-state index contributed by atoms with van der Waals surface area (Å²) < 4.78 is 5.29. The summed E-state index contributed by atoms with van der Waals surface area (Å²) in [5.41, 5.74) is -0.169. The van der Waals surface area contributed by atoms with Crippen LogP contribution >= 0.6 is 12.6 Å². The minimum Gasteiger partial charge on any atom is -0.379 e. The number of thiol groups is 1. The van der Waals surface area contributed by atoms with Crippen LogP contribution in [0.3, 0.4) is 0 Å². The van der Waals surface area contributed by atoms with Gasteiger partial charge in [-0.2, -0.15) is 12.6 Å². The fourth-order valence-corrected chi connectivity index (χ4v) is 1.49. The maximum absolute atomic E-state index is 11.0. The number of amides is 1. The molecule has 1 aliphatic heterocycles. The molecule has 0 saturated carbocycles. The Labute approximate surface area is 78.3 Å². The van der Waals surface area contributed by atoms with Crippen molar-refractivity contribution < 1.29 is 9.53 Å². The topological polar surface area (TPSA) is 38.3 Å². The molecule has 12 heavy (non-hydrogen) atoms. The van der Waals surface area contributed by atoms with Gasteiger partial charge in [-0.3, -0.25) is 4.79 Å². The third-order valence-electron chi connectivity index (χ3n) is 2.02. The largest absolute Gasteiger partial charge is 0.379 e. The van der Waals surface area contributed by atoms with Crippen LogP contribution in [0.1, 0.15) is 19.8 Å². The second-order valence-corrected chi connectivity index (χ2v) is 3.74. The lowest BCUT2D eigenvalue weighted by Crippen LogP contribution is -2.51. The highest BCUT2D eigenvalue weighted by atomic mass is 32.1. The molecule has 1 aliphatic rings. The molecular weight excluding hydrogens is 174 g/mol. The molecule has 1 N–H and O–H groups in total. The number of ether oxygens (including phenoxy) is 1. The Hall–Kier alpha value is -0.220. The molecule has 1 rings (SSSR count). The normalized spacial score (nSPS) is 29.8. The highest BCUT2D eigenvalue weighted by Crippen LogP contribution is 2.17. The van der Waals surface area contributed by atoms with Crippen LogP contribution in [0.2, 0.25) is 0 Å². The fourth-order valence-electron chi connectivity index (χ4n) is 1.41. The fraction of sp³-hybridized carbons (Fsp3) is 0.875. The quantitative estimate of drug-likeness (QED) is 0.624. The summed E-state index contributed by atoms with van der Waals surface area (Å²) in [6, 6.07) is 0. The van der Waals surface area contributed by atoms with E-state index in [1.807, 2.05) is 6.92 Å². The first kappa shape index (κ1) is 9.86. The van der Waals surface area contributed by atoms with Crippen LogP contribution in [0, 0.1) is 0 Å². The van der Waals surface area contributed by atoms with E-state index in [-0.39, 0.29) is 17.2 Å². The van der Waals surface area contributed by atoms with Crippen molar-refractivity contribution in [2.75, 3.05) is 19.0 Å². The second kappa shape index (κ2) is 4.14. The Morgan fingerprint density at radius 2 is 2.50 bits per heavy atom. The van der Waals surface area contributed by atoms with Gasteiger partial charge in [-0.1, -0.05) is 0 Å². The monoisotopic (exact) mass is 189 g/mol. The number of carbonyl (C=O) groups excluding carboxylic acids is 1. The Bertz CT molecular complexity index is 166. The minimum absolute atomic E-state index is 0.0219. The van der Waals surface area contributed by atoms with Crippen molar-refractivity contribution in [2.45, 2.75) is 25.3 Å². The van der Waals surface area contributed by atoms with Crippen LogP contribution in [-0.2, 0) is 9.53 Å². The van der Waals surface area contributed by atoms with Crippen molar-refractivity contribution in [3.05, 3.63) is 0 Å². The molecular formula is C8H15NO2S. The smallest absolute Gasteiger partial charge is 0.230 e. The van der Waals surface area contributed by atoms with Gasteiger partial charge in [0.2, 0.25) is 5.91 Å². The number of hydrogen-bond acceptors (Lipinski definition) is 3. The van der Waals surface area contributed by atoms with Gasteiger partial charge >= 0.3 is 0 Å². The molecule has 0 bridgehead atoms. The number of hydrogen-bond donors (Lipinski definition) is 2. The van der Waals surface area contributed by atoms with Crippen LogP contribution in [0.15, 0.2) is 0 Å². The molecule has 1 atom stereocenters. The van der Waals surface area contributed by atoms with E-state index >= 15 is 0 Å². The van der Waals surface area contributed by atoms with E-state index in [1.165, 1.54) is 0 Å². The van der Waals surface area contributed by atoms with Gasteiger partial charge in [-0.05, 0) is 19.8 Å². The summed E-state index contributed by atoms with van der Waals surface area (Å²) in [7, 11) is 0. The summed E-state index contributed by atoms with van der Waals surface area (Å²) in [5.74, 6) is 0.224. The molecule has 1 saturated heterocycles. The molecule has 0 radical (unpaired) electrons. The van der Waals surface area contributed by atoms with Crippen molar-refractivity contribution >= 4 is 18.5 Å². The zero-order valence-corrected chi connectivity index (χ0v) is 8.19. The standard InChI is InChI=1S/C8H15NO2S/c1-8(9-7(10)5-12)3-2-4-11-6-8/h12H,2-6H2,1H3,(H,9,10). The number of nitrogens with one attached hydrogen (secondary N) is 1. The number of carbonyl (C=O) groups is 1. The van der Waals surface area contributed by atoms with Crippen molar-refractivity contribution in [1.29, 1.82) is 0 Å². The first-order valence-electron chi connectivity index (χ1n) is 4.16. The predicted octanol–water partition coefficient (Wildman–Crippen LogP) is 0.601. The molecule has 3 nitrogen and oxygen atoms in total. The molecule has 0 aromatic rings. The maximum Gasteiger partial charge on any atom is 0.230 e. The van der Waals surface area contributed by atoms with E-state index in [0.717, 1.165) is 19.4 Å². The molecule has 0 aromatic heterocycles. The van der Waals surface area contributed by atoms with Gasteiger partial charge in [-0.15, -0.1) is 0 Å². The van der Waals surface area contributed by atoms with Crippen LogP contribution in [0.25, 0.3) is 0 Å². The summed E-state index contributed by atoms with van der Waals surface area (Å²) in [6.45, 7) is 3.44. The molecule has 4 heteroatoms. The van der Waals surface area contributed by atoms with E-state index in [0.29, 0.717) is 6.61 Å². The average Bonchev–Trinajstić information content (AvgIpc) is 2.05. The van der Waals surface area contributed by atoms with Gasteiger partial charge in [0, 0.05) is 6.61 Å². The van der Waals surface area contributed by atoms with E-state index in [9.17, 15) is 4.79 Å². The van der Waals surface area contributed by atoms with Crippen molar-refractivity contribution in [2.24, 2.45) is 0 Å². The molecule has 70 valence electrons. The second-order valence-electron chi connectivity index (χ2n) is 3.42. The van der Waals surface area contributed by atoms with Gasteiger partial charge in [0.15, 0.2) is 0 Å². The molecule has 0 aliphatic carbocycles. The zero-order valence-electron chi connectivity index (χ0n) is 7.30. The highest BCUT2D eigenvalue weighted by Gasteiger charge is 2.28. The first-order valence-corrected chi connectivity index (χ1v) is 4.79. The van der Waals surface area contributed by atoms with Gasteiger partial charge < -0.3 is 10.1 Å². The summed E-state index contributed by atoms with van der Waals surface area (Å²) in [5, 5.41) is 2.90. The van der Waals surface area contributed by atoms with Crippen LogP contribution in [0.5, 0.6) is 0 Å². The van der Waals surface area contributed by atoms with E-state index in [2.05, 4.69) is 17.9 Å². The zero-order chi connectivity index (χ0) is 9.03. The summed E-state index contributed by atoms with van der Waals surface area (Å²) in [4.78, 5) is 11.0. The lowest BCUT2D eigenvalue weighted by Gasteiger charge is -2.34. The lowest BCUT2D eigenvalue weighted by atomic mass is 9.95. The van der Waals surface area contributed by atoms with Gasteiger partial charge in [0.25, 0.3) is 0 Å². The summed E-state index contributed by atoms with van der Waals surface area (Å²) >= 11 is 3.90. The van der Waals surface area contributed by atoms with E-state index in [1.54, 1.807) is 0 Å². The van der Waals surface area contributed by atoms with Crippen LogP contribution in [0.4, 0.5) is 0 Å². The van der Waals surface area contributed by atoms with Crippen molar-refractivity contribution in [3.8, 4) is 0 Å². The lowest BCUT2D eigenvalue weighted by molar-refractivity contribution is -0.122. The van der Waals surface area contributed by atoms with Crippen molar-refractivity contribution in [3.63, 3.8) is 0 Å².